The van der Waals surface area contributed by atoms with Gasteiger partial charge in [0.15, 0.2) is 0 Å². The van der Waals surface area contributed by atoms with Crippen LogP contribution in [0.1, 0.15) is 20.3 Å². The Bertz CT molecular complexity index is 368. The maximum atomic E-state index is 11.7. The van der Waals surface area contributed by atoms with Crippen molar-refractivity contribution in [2.24, 2.45) is 11.7 Å². The van der Waals surface area contributed by atoms with Crippen LogP contribution < -0.4 is 11.1 Å². The molecule has 0 saturated carbocycles. The van der Waals surface area contributed by atoms with E-state index in [1.807, 2.05) is 13.8 Å². The molecule has 0 fully saturated rings. The van der Waals surface area contributed by atoms with Gasteiger partial charge in [-0.2, -0.15) is 0 Å². The van der Waals surface area contributed by atoms with Crippen LogP contribution in [0.5, 0.6) is 0 Å². The third kappa shape index (κ3) is 3.79. The number of carbonyl (C=O) groups excluding carboxylic acids is 1. The molecular formula is C11H16ClN3O. The molecule has 1 atom stereocenters. The summed E-state index contributed by atoms with van der Waals surface area (Å²) in [6.07, 6.45) is 3.71. The van der Waals surface area contributed by atoms with Crippen molar-refractivity contribution in [1.82, 2.24) is 4.98 Å². The average Bonchev–Trinajstić information content (AvgIpc) is 2.20. The number of hydrogen-bond donors (Lipinski definition) is 2. The number of nitrogens with two attached hydrogens (primary N) is 1. The van der Waals surface area contributed by atoms with Gasteiger partial charge < -0.3 is 11.1 Å². The number of nitrogens with zero attached hydrogens (tertiary/aromatic N) is 1. The highest BCUT2D eigenvalue weighted by Gasteiger charge is 2.15. The summed E-state index contributed by atoms with van der Waals surface area (Å²) < 4.78 is 0. The summed E-state index contributed by atoms with van der Waals surface area (Å²) in [5.74, 6) is 0.147. The van der Waals surface area contributed by atoms with Gasteiger partial charge in [0.1, 0.15) is 0 Å². The molecule has 0 bridgehead atoms. The molecule has 1 unspecified atom stereocenters. The number of hydrogen-bond acceptors (Lipinski definition) is 3. The van der Waals surface area contributed by atoms with Crippen LogP contribution in [0.25, 0.3) is 0 Å². The molecule has 1 heterocycles. The maximum Gasteiger partial charge on any atom is 0.241 e. The van der Waals surface area contributed by atoms with E-state index in [1.165, 1.54) is 6.20 Å². The number of rotatable bonds is 4. The number of aromatic nitrogens is 1. The van der Waals surface area contributed by atoms with Gasteiger partial charge in [-0.05, 0) is 18.4 Å². The SMILES string of the molecule is CC(C)CC(N)C(=O)Nc1cnccc1Cl. The van der Waals surface area contributed by atoms with Gasteiger partial charge in [-0.3, -0.25) is 9.78 Å². The van der Waals surface area contributed by atoms with E-state index in [0.717, 1.165) is 0 Å². The molecule has 1 rings (SSSR count). The lowest BCUT2D eigenvalue weighted by Crippen LogP contribution is -2.36. The van der Waals surface area contributed by atoms with E-state index in [4.69, 9.17) is 17.3 Å². The summed E-state index contributed by atoms with van der Waals surface area (Å²) in [7, 11) is 0. The van der Waals surface area contributed by atoms with Crippen molar-refractivity contribution in [2.45, 2.75) is 26.3 Å². The highest BCUT2D eigenvalue weighted by atomic mass is 35.5. The number of anilines is 1. The monoisotopic (exact) mass is 241 g/mol. The Balaban J connectivity index is 2.61. The predicted octanol–water partition coefficient (Wildman–Crippen LogP) is 2.05. The van der Waals surface area contributed by atoms with Gasteiger partial charge in [-0.1, -0.05) is 25.4 Å². The van der Waals surface area contributed by atoms with Crippen molar-refractivity contribution in [1.29, 1.82) is 0 Å². The zero-order chi connectivity index (χ0) is 12.1. The first-order valence-electron chi connectivity index (χ1n) is 5.16. The zero-order valence-corrected chi connectivity index (χ0v) is 10.2. The molecule has 88 valence electrons. The topological polar surface area (TPSA) is 68.0 Å². The lowest BCUT2D eigenvalue weighted by Gasteiger charge is -2.14. The fraction of sp³-hybridized carbons (Fsp3) is 0.455. The first-order chi connectivity index (χ1) is 7.50. The lowest BCUT2D eigenvalue weighted by atomic mass is 10.0. The minimum atomic E-state index is -0.517. The van der Waals surface area contributed by atoms with Crippen LogP contribution in [-0.2, 0) is 4.79 Å². The van der Waals surface area contributed by atoms with Crippen LogP contribution in [0.3, 0.4) is 0 Å². The molecule has 0 aliphatic rings. The number of amides is 1. The molecule has 1 aromatic heterocycles. The Hall–Kier alpha value is -1.13. The van der Waals surface area contributed by atoms with E-state index < -0.39 is 6.04 Å². The largest absolute Gasteiger partial charge is 0.322 e. The lowest BCUT2D eigenvalue weighted by molar-refractivity contribution is -0.117. The molecule has 0 aliphatic heterocycles. The quantitative estimate of drug-likeness (QED) is 0.848. The van der Waals surface area contributed by atoms with E-state index >= 15 is 0 Å². The van der Waals surface area contributed by atoms with Crippen molar-refractivity contribution in [3.8, 4) is 0 Å². The van der Waals surface area contributed by atoms with E-state index in [9.17, 15) is 4.79 Å². The second-order valence-corrected chi connectivity index (χ2v) is 4.49. The van der Waals surface area contributed by atoms with Crippen molar-refractivity contribution in [2.75, 3.05) is 5.32 Å². The molecule has 0 radical (unpaired) electrons. The van der Waals surface area contributed by atoms with Gasteiger partial charge in [0.05, 0.1) is 22.9 Å². The van der Waals surface area contributed by atoms with Crippen LogP contribution in [0.2, 0.25) is 5.02 Å². The maximum absolute atomic E-state index is 11.7. The van der Waals surface area contributed by atoms with Crippen molar-refractivity contribution in [3.63, 3.8) is 0 Å². The summed E-state index contributed by atoms with van der Waals surface area (Å²) >= 11 is 5.88. The zero-order valence-electron chi connectivity index (χ0n) is 9.40. The first kappa shape index (κ1) is 12.9. The third-order valence-corrected chi connectivity index (χ3v) is 2.42. The van der Waals surface area contributed by atoms with Crippen LogP contribution in [0, 0.1) is 5.92 Å². The number of carbonyl (C=O) groups is 1. The van der Waals surface area contributed by atoms with E-state index in [-0.39, 0.29) is 5.91 Å². The molecule has 1 aromatic rings. The minimum Gasteiger partial charge on any atom is -0.322 e. The summed E-state index contributed by atoms with van der Waals surface area (Å²) in [4.78, 5) is 15.6. The fourth-order valence-corrected chi connectivity index (χ4v) is 1.46. The molecule has 0 aliphatic carbocycles. The summed E-state index contributed by atoms with van der Waals surface area (Å²) in [5.41, 5.74) is 6.23. The van der Waals surface area contributed by atoms with Crippen LogP contribution in [0.4, 0.5) is 5.69 Å². The Kier molecular flexibility index (Phi) is 4.71. The molecule has 4 nitrogen and oxygen atoms in total. The summed E-state index contributed by atoms with van der Waals surface area (Å²) in [6, 6.07) is 1.10. The van der Waals surface area contributed by atoms with Crippen LogP contribution >= 0.6 is 11.6 Å². The predicted molar refractivity (Wildman–Crippen MR) is 65.3 cm³/mol. The Morgan fingerprint density at radius 1 is 1.62 bits per heavy atom. The highest BCUT2D eigenvalue weighted by molar-refractivity contribution is 6.33. The van der Waals surface area contributed by atoms with Crippen LogP contribution in [-0.4, -0.2) is 16.9 Å². The van der Waals surface area contributed by atoms with Gasteiger partial charge in [-0.25, -0.2) is 0 Å². The van der Waals surface area contributed by atoms with Gasteiger partial charge in [-0.15, -0.1) is 0 Å². The molecule has 0 spiro atoms. The average molecular weight is 242 g/mol. The van der Waals surface area contributed by atoms with Gasteiger partial charge in [0.25, 0.3) is 0 Å². The molecule has 3 N–H and O–H groups in total. The molecule has 0 saturated heterocycles. The standard InChI is InChI=1S/C11H16ClN3O/c1-7(2)5-9(13)11(16)15-10-6-14-4-3-8(10)12/h3-4,6-7,9H,5,13H2,1-2H3,(H,15,16). The second-order valence-electron chi connectivity index (χ2n) is 4.08. The Labute approximate surface area is 100 Å². The van der Waals surface area contributed by atoms with E-state index in [2.05, 4.69) is 10.3 Å². The van der Waals surface area contributed by atoms with E-state index in [1.54, 1.807) is 12.3 Å². The third-order valence-electron chi connectivity index (χ3n) is 2.09. The van der Waals surface area contributed by atoms with E-state index in [0.29, 0.717) is 23.0 Å². The van der Waals surface area contributed by atoms with Gasteiger partial charge >= 0.3 is 0 Å². The van der Waals surface area contributed by atoms with Gasteiger partial charge in [0, 0.05) is 6.20 Å². The highest BCUT2D eigenvalue weighted by Crippen LogP contribution is 2.19. The van der Waals surface area contributed by atoms with Crippen molar-refractivity contribution >= 4 is 23.2 Å². The van der Waals surface area contributed by atoms with Crippen molar-refractivity contribution < 1.29 is 4.79 Å². The smallest absolute Gasteiger partial charge is 0.241 e. The number of pyridine rings is 1. The molecule has 0 aromatic carbocycles. The molecule has 5 heteroatoms. The normalized spacial score (nSPS) is 12.6. The molecular weight excluding hydrogens is 226 g/mol. The summed E-state index contributed by atoms with van der Waals surface area (Å²) in [6.45, 7) is 4.04. The first-order valence-corrected chi connectivity index (χ1v) is 5.54. The van der Waals surface area contributed by atoms with Gasteiger partial charge in [0.2, 0.25) is 5.91 Å². The fourth-order valence-electron chi connectivity index (χ4n) is 1.31. The van der Waals surface area contributed by atoms with Crippen molar-refractivity contribution in [3.05, 3.63) is 23.5 Å². The molecule has 1 amide bonds. The summed E-state index contributed by atoms with van der Waals surface area (Å²) in [5, 5.41) is 3.12. The minimum absolute atomic E-state index is 0.233. The molecule has 16 heavy (non-hydrogen) atoms. The Morgan fingerprint density at radius 3 is 2.88 bits per heavy atom. The van der Waals surface area contributed by atoms with Crippen LogP contribution in [0.15, 0.2) is 18.5 Å². The second kappa shape index (κ2) is 5.82. The number of nitrogens with one attached hydrogen (secondary N) is 1. The number of halogens is 1. The Morgan fingerprint density at radius 2 is 2.31 bits per heavy atom.